The first-order valence-electron chi connectivity index (χ1n) is 11.0. The molecule has 1 N–H and O–H groups in total. The van der Waals surface area contributed by atoms with E-state index in [-0.39, 0.29) is 18.6 Å². The number of anilines is 1. The highest BCUT2D eigenvalue weighted by molar-refractivity contribution is 5.77. The van der Waals surface area contributed by atoms with Gasteiger partial charge in [0.15, 0.2) is 0 Å². The zero-order chi connectivity index (χ0) is 19.8. The largest absolute Gasteiger partial charge is 0.369 e. The van der Waals surface area contributed by atoms with Crippen molar-refractivity contribution < 1.29 is 9.53 Å². The molecule has 1 saturated heterocycles. The summed E-state index contributed by atoms with van der Waals surface area (Å²) in [5.41, 5.74) is 2.65. The van der Waals surface area contributed by atoms with Crippen molar-refractivity contribution in [1.29, 1.82) is 0 Å². The van der Waals surface area contributed by atoms with Crippen LogP contribution in [0.1, 0.15) is 51.0 Å². The van der Waals surface area contributed by atoms with Gasteiger partial charge in [-0.1, -0.05) is 31.4 Å². The highest BCUT2D eigenvalue weighted by Crippen LogP contribution is 2.20. The lowest BCUT2D eigenvalue weighted by atomic mass is 9.98. The SMILES string of the molecule is Cc1cccc(N2CCN(CCC(C)NC(=O)COC3CCCCC3)CC2)c1. The second kappa shape index (κ2) is 10.8. The van der Waals surface area contributed by atoms with Crippen molar-refractivity contribution >= 4 is 11.6 Å². The Morgan fingerprint density at radius 1 is 1.18 bits per heavy atom. The molecule has 3 rings (SSSR count). The van der Waals surface area contributed by atoms with Gasteiger partial charge in [-0.25, -0.2) is 0 Å². The average molecular weight is 388 g/mol. The van der Waals surface area contributed by atoms with E-state index in [1.54, 1.807) is 0 Å². The monoisotopic (exact) mass is 387 g/mol. The molecule has 156 valence electrons. The van der Waals surface area contributed by atoms with Gasteiger partial charge in [-0.05, 0) is 50.8 Å². The van der Waals surface area contributed by atoms with E-state index in [4.69, 9.17) is 4.74 Å². The van der Waals surface area contributed by atoms with E-state index >= 15 is 0 Å². The molecule has 1 saturated carbocycles. The highest BCUT2D eigenvalue weighted by atomic mass is 16.5. The van der Waals surface area contributed by atoms with E-state index in [1.807, 2.05) is 0 Å². The molecular weight excluding hydrogens is 350 g/mol. The Balaban J connectivity index is 1.29. The Kier molecular flexibility index (Phi) is 8.16. The zero-order valence-corrected chi connectivity index (χ0v) is 17.7. The number of carbonyl (C=O) groups is 1. The smallest absolute Gasteiger partial charge is 0.246 e. The van der Waals surface area contributed by atoms with E-state index < -0.39 is 0 Å². The number of piperazine rings is 1. The van der Waals surface area contributed by atoms with E-state index in [0.29, 0.717) is 6.10 Å². The third-order valence-electron chi connectivity index (χ3n) is 6.03. The van der Waals surface area contributed by atoms with Gasteiger partial charge >= 0.3 is 0 Å². The van der Waals surface area contributed by atoms with Gasteiger partial charge in [0.25, 0.3) is 0 Å². The standard InChI is InChI=1S/C23H37N3O2/c1-19-7-6-8-21(17-19)26-15-13-25(14-16-26)12-11-20(2)24-23(27)18-28-22-9-4-3-5-10-22/h6-8,17,20,22H,3-5,9-16,18H2,1-2H3,(H,24,27). The lowest BCUT2D eigenvalue weighted by Crippen LogP contribution is -2.47. The molecule has 1 atom stereocenters. The van der Waals surface area contributed by atoms with Crippen LogP contribution in [0.15, 0.2) is 24.3 Å². The van der Waals surface area contributed by atoms with E-state index in [0.717, 1.165) is 52.0 Å². The summed E-state index contributed by atoms with van der Waals surface area (Å²) in [4.78, 5) is 17.1. The number of aryl methyl sites for hydroxylation is 1. The van der Waals surface area contributed by atoms with Crippen molar-refractivity contribution in [3.8, 4) is 0 Å². The van der Waals surface area contributed by atoms with E-state index in [9.17, 15) is 4.79 Å². The van der Waals surface area contributed by atoms with Gasteiger partial charge in [0.1, 0.15) is 6.61 Å². The summed E-state index contributed by atoms with van der Waals surface area (Å²) in [5.74, 6) is 0.0299. The molecule has 0 spiro atoms. The summed E-state index contributed by atoms with van der Waals surface area (Å²) in [6, 6.07) is 8.95. The van der Waals surface area contributed by atoms with Crippen LogP contribution in [0.25, 0.3) is 0 Å². The van der Waals surface area contributed by atoms with Crippen LogP contribution < -0.4 is 10.2 Å². The molecule has 1 aromatic rings. The van der Waals surface area contributed by atoms with Crippen LogP contribution >= 0.6 is 0 Å². The lowest BCUT2D eigenvalue weighted by molar-refractivity contribution is -0.129. The molecule has 1 amide bonds. The van der Waals surface area contributed by atoms with E-state index in [1.165, 1.54) is 30.5 Å². The number of rotatable bonds is 8. The van der Waals surface area contributed by atoms with Gasteiger partial charge in [-0.2, -0.15) is 0 Å². The van der Waals surface area contributed by atoms with Crippen LogP contribution in [0.3, 0.4) is 0 Å². The molecule has 1 aliphatic heterocycles. The van der Waals surface area contributed by atoms with Crippen molar-refractivity contribution in [3.63, 3.8) is 0 Å². The molecule has 2 aliphatic rings. The van der Waals surface area contributed by atoms with Crippen molar-refractivity contribution in [1.82, 2.24) is 10.2 Å². The first-order valence-corrected chi connectivity index (χ1v) is 11.0. The Bertz CT molecular complexity index is 608. The summed E-state index contributed by atoms with van der Waals surface area (Å²) < 4.78 is 5.77. The normalized spacial score (nSPS) is 20.1. The minimum Gasteiger partial charge on any atom is -0.369 e. The van der Waals surface area contributed by atoms with Crippen molar-refractivity contribution in [2.24, 2.45) is 0 Å². The maximum Gasteiger partial charge on any atom is 0.246 e. The Labute approximate surface area is 170 Å². The number of ether oxygens (including phenoxy) is 1. The molecule has 1 aliphatic carbocycles. The van der Waals surface area contributed by atoms with Crippen LogP contribution in [0.5, 0.6) is 0 Å². The van der Waals surface area contributed by atoms with Crippen LogP contribution in [0, 0.1) is 6.92 Å². The minimum absolute atomic E-state index is 0.0299. The van der Waals surface area contributed by atoms with Gasteiger partial charge < -0.3 is 15.0 Å². The Hall–Kier alpha value is -1.59. The number of hydrogen-bond donors (Lipinski definition) is 1. The molecule has 1 aromatic carbocycles. The number of benzene rings is 1. The number of nitrogens with zero attached hydrogens (tertiary/aromatic N) is 2. The highest BCUT2D eigenvalue weighted by Gasteiger charge is 2.19. The van der Waals surface area contributed by atoms with Crippen molar-refractivity contribution in [3.05, 3.63) is 29.8 Å². The summed E-state index contributed by atoms with van der Waals surface area (Å²) in [7, 11) is 0. The minimum atomic E-state index is 0.0299. The van der Waals surface area contributed by atoms with Crippen LogP contribution in [0.2, 0.25) is 0 Å². The molecule has 5 nitrogen and oxygen atoms in total. The fourth-order valence-electron chi connectivity index (χ4n) is 4.24. The molecule has 0 bridgehead atoms. The molecule has 5 heteroatoms. The molecule has 1 heterocycles. The third-order valence-corrected chi connectivity index (χ3v) is 6.03. The van der Waals surface area contributed by atoms with Gasteiger partial charge in [0, 0.05) is 44.5 Å². The maximum absolute atomic E-state index is 12.1. The fraction of sp³-hybridized carbons (Fsp3) is 0.696. The van der Waals surface area contributed by atoms with E-state index in [2.05, 4.69) is 53.2 Å². The lowest BCUT2D eigenvalue weighted by Gasteiger charge is -2.36. The van der Waals surface area contributed by atoms with Crippen LogP contribution in [0.4, 0.5) is 5.69 Å². The topological polar surface area (TPSA) is 44.8 Å². The van der Waals surface area contributed by atoms with Crippen LogP contribution in [-0.2, 0) is 9.53 Å². The summed E-state index contributed by atoms with van der Waals surface area (Å²) in [6.45, 7) is 9.80. The first-order chi connectivity index (χ1) is 13.6. The molecule has 0 aromatic heterocycles. The predicted molar refractivity (Wildman–Crippen MR) is 115 cm³/mol. The quantitative estimate of drug-likeness (QED) is 0.743. The van der Waals surface area contributed by atoms with Gasteiger partial charge in [0.05, 0.1) is 6.10 Å². The first kappa shape index (κ1) is 21.1. The predicted octanol–water partition coefficient (Wildman–Crippen LogP) is 3.36. The molecule has 0 radical (unpaired) electrons. The molecule has 2 fully saturated rings. The van der Waals surface area contributed by atoms with Crippen molar-refractivity contribution in [2.75, 3.05) is 44.2 Å². The van der Waals surface area contributed by atoms with Crippen LogP contribution in [-0.4, -0.2) is 62.3 Å². The number of nitrogens with one attached hydrogen (secondary N) is 1. The second-order valence-electron chi connectivity index (χ2n) is 8.50. The van der Waals surface area contributed by atoms with Gasteiger partial charge in [0.2, 0.25) is 5.91 Å². The summed E-state index contributed by atoms with van der Waals surface area (Å²) in [6.07, 6.45) is 7.27. The van der Waals surface area contributed by atoms with Crippen molar-refractivity contribution in [2.45, 2.75) is 64.5 Å². The molecule has 28 heavy (non-hydrogen) atoms. The number of hydrogen-bond acceptors (Lipinski definition) is 4. The second-order valence-corrected chi connectivity index (χ2v) is 8.50. The number of carbonyl (C=O) groups excluding carboxylic acids is 1. The maximum atomic E-state index is 12.1. The Morgan fingerprint density at radius 3 is 2.64 bits per heavy atom. The molecule has 1 unspecified atom stereocenters. The summed E-state index contributed by atoms with van der Waals surface area (Å²) in [5, 5.41) is 3.10. The fourth-order valence-corrected chi connectivity index (χ4v) is 4.24. The number of amides is 1. The van der Waals surface area contributed by atoms with Gasteiger partial charge in [-0.3, -0.25) is 9.69 Å². The summed E-state index contributed by atoms with van der Waals surface area (Å²) >= 11 is 0. The Morgan fingerprint density at radius 2 is 1.93 bits per heavy atom. The average Bonchev–Trinajstić information content (AvgIpc) is 2.72. The zero-order valence-electron chi connectivity index (χ0n) is 17.7. The van der Waals surface area contributed by atoms with Gasteiger partial charge in [-0.15, -0.1) is 0 Å². The third kappa shape index (κ3) is 6.78. The molecular formula is C23H37N3O2.